The lowest BCUT2D eigenvalue weighted by atomic mass is 9.97. The maximum Gasteiger partial charge on any atom is 0.153 e. The minimum absolute atomic E-state index is 0.793. The van der Waals surface area contributed by atoms with Gasteiger partial charge in [0.25, 0.3) is 0 Å². The van der Waals surface area contributed by atoms with Crippen molar-refractivity contribution < 1.29 is 4.42 Å². The third kappa shape index (κ3) is 5.27. The fourth-order valence-corrected chi connectivity index (χ4v) is 9.20. The Labute approximate surface area is 340 Å². The summed E-state index contributed by atoms with van der Waals surface area (Å²) < 4.78 is 8.82. The largest absolute Gasteiger partial charge is 0.454 e. The highest BCUT2D eigenvalue weighted by atomic mass is 16.3. The molecule has 0 spiro atoms. The van der Waals surface area contributed by atoms with Crippen LogP contribution in [0, 0.1) is 0 Å². The van der Waals surface area contributed by atoms with E-state index < -0.39 is 0 Å². The third-order valence-electron chi connectivity index (χ3n) is 11.9. The molecule has 0 atom stereocenters. The quantitative estimate of drug-likeness (QED) is 0.170. The van der Waals surface area contributed by atoms with E-state index in [0.717, 1.165) is 61.2 Å². The van der Waals surface area contributed by atoms with Crippen molar-refractivity contribution in [3.63, 3.8) is 0 Å². The van der Waals surface area contributed by atoms with Gasteiger partial charge in [-0.1, -0.05) is 146 Å². The van der Waals surface area contributed by atoms with Gasteiger partial charge in [0.1, 0.15) is 5.58 Å². The number of hydrogen-bond donors (Lipinski definition) is 0. The minimum Gasteiger partial charge on any atom is -0.454 e. The summed E-state index contributed by atoms with van der Waals surface area (Å²) in [7, 11) is 0. The van der Waals surface area contributed by atoms with E-state index in [4.69, 9.17) is 4.42 Å². The molecule has 0 saturated heterocycles. The van der Waals surface area contributed by atoms with Gasteiger partial charge < -0.3 is 13.9 Å². The Balaban J connectivity index is 1.04. The van der Waals surface area contributed by atoms with E-state index in [9.17, 15) is 0 Å². The molecule has 0 aliphatic rings. The van der Waals surface area contributed by atoms with Gasteiger partial charge >= 0.3 is 0 Å². The molecule has 0 N–H and O–H groups in total. The number of furan rings is 1. The molecule has 3 aromatic heterocycles. The number of fused-ring (bicyclic) bond motifs is 8. The molecule has 276 valence electrons. The first-order valence-corrected chi connectivity index (χ1v) is 20.0. The van der Waals surface area contributed by atoms with Crippen LogP contribution in [0.1, 0.15) is 0 Å². The standard InChI is InChI=1S/C55H35N3O/c1-2-13-41-36(11-1)12-9-18-42(41)37-23-27-39(28-24-37)57(40-29-25-38(26-30-40)43-19-10-20-49-48-33-34-56-35-54(48)59-55(43)49)52-31-32-53(47-15-4-3-14-46(47)52)58-50-21-7-5-16-44(50)45-17-6-8-22-51(45)58/h1-35H. The predicted molar refractivity (Wildman–Crippen MR) is 246 cm³/mol. The van der Waals surface area contributed by atoms with Crippen LogP contribution in [-0.2, 0) is 0 Å². The summed E-state index contributed by atoms with van der Waals surface area (Å²) in [5, 5.41) is 9.48. The van der Waals surface area contributed by atoms with Crippen molar-refractivity contribution in [2.24, 2.45) is 0 Å². The van der Waals surface area contributed by atoms with Crippen LogP contribution in [-0.4, -0.2) is 9.55 Å². The zero-order chi connectivity index (χ0) is 38.9. The fraction of sp³-hybridized carbons (Fsp3) is 0. The SMILES string of the molecule is c1ccc2c(-c3ccc(N(c4ccc(-c5cccc6c5oc5cnccc56)cc4)c4ccc(-n5c6ccccc6c6ccccc65)c5ccccc45)cc3)cccc2c1. The van der Waals surface area contributed by atoms with Gasteiger partial charge in [0.05, 0.1) is 28.6 Å². The van der Waals surface area contributed by atoms with Crippen molar-refractivity contribution in [1.29, 1.82) is 0 Å². The zero-order valence-corrected chi connectivity index (χ0v) is 32.0. The molecule has 12 rings (SSSR count). The molecule has 4 heteroatoms. The van der Waals surface area contributed by atoms with Crippen LogP contribution in [0.5, 0.6) is 0 Å². The highest BCUT2D eigenvalue weighted by Gasteiger charge is 2.21. The Morgan fingerprint density at radius 1 is 0.407 bits per heavy atom. The number of pyridine rings is 1. The topological polar surface area (TPSA) is 34.2 Å². The van der Waals surface area contributed by atoms with Crippen LogP contribution in [0.2, 0.25) is 0 Å². The highest BCUT2D eigenvalue weighted by molar-refractivity contribution is 6.12. The molecule has 0 amide bonds. The number of aromatic nitrogens is 2. The monoisotopic (exact) mass is 753 g/mol. The Hall–Kier alpha value is -7.95. The number of anilines is 3. The van der Waals surface area contributed by atoms with E-state index in [2.05, 4.69) is 209 Å². The average molecular weight is 754 g/mol. The second-order valence-corrected chi connectivity index (χ2v) is 15.1. The smallest absolute Gasteiger partial charge is 0.153 e. The lowest BCUT2D eigenvalue weighted by molar-refractivity contribution is 0.668. The summed E-state index contributed by atoms with van der Waals surface area (Å²) in [5.74, 6) is 0. The first-order valence-electron chi connectivity index (χ1n) is 20.0. The average Bonchev–Trinajstić information content (AvgIpc) is 3.86. The molecule has 3 heterocycles. The normalized spacial score (nSPS) is 11.7. The van der Waals surface area contributed by atoms with Gasteiger partial charge in [-0.05, 0) is 82.1 Å². The summed E-state index contributed by atoms with van der Waals surface area (Å²) in [4.78, 5) is 6.69. The van der Waals surface area contributed by atoms with Crippen LogP contribution in [0.25, 0.3) is 93.2 Å². The van der Waals surface area contributed by atoms with Gasteiger partial charge in [0.2, 0.25) is 0 Å². The highest BCUT2D eigenvalue weighted by Crippen LogP contribution is 2.44. The van der Waals surface area contributed by atoms with Crippen molar-refractivity contribution in [1.82, 2.24) is 9.55 Å². The van der Waals surface area contributed by atoms with Gasteiger partial charge in [-0.25, -0.2) is 0 Å². The lowest BCUT2D eigenvalue weighted by Gasteiger charge is -2.28. The molecule has 4 nitrogen and oxygen atoms in total. The van der Waals surface area contributed by atoms with Crippen molar-refractivity contribution in [2.75, 3.05) is 4.90 Å². The lowest BCUT2D eigenvalue weighted by Crippen LogP contribution is -2.11. The molecule has 0 aliphatic heterocycles. The van der Waals surface area contributed by atoms with Gasteiger partial charge in [-0.3, -0.25) is 4.98 Å². The molecule has 59 heavy (non-hydrogen) atoms. The summed E-state index contributed by atoms with van der Waals surface area (Å²) in [6.45, 7) is 0. The first-order chi connectivity index (χ1) is 29.3. The van der Waals surface area contributed by atoms with E-state index in [1.54, 1.807) is 6.20 Å². The van der Waals surface area contributed by atoms with Crippen LogP contribution in [0.4, 0.5) is 17.1 Å². The number of hydrogen-bond acceptors (Lipinski definition) is 3. The Bertz CT molecular complexity index is 3500. The van der Waals surface area contributed by atoms with E-state index in [-0.39, 0.29) is 0 Å². The maximum atomic E-state index is 6.40. The molecular weight excluding hydrogens is 719 g/mol. The maximum absolute atomic E-state index is 6.40. The molecule has 0 fully saturated rings. The summed E-state index contributed by atoms with van der Waals surface area (Å²) in [6.07, 6.45) is 3.61. The van der Waals surface area contributed by atoms with E-state index >= 15 is 0 Å². The number of rotatable bonds is 6. The molecule has 12 aromatic rings. The number of nitrogens with zero attached hydrogens (tertiary/aromatic N) is 3. The Kier molecular flexibility index (Phi) is 7.50. The van der Waals surface area contributed by atoms with Crippen molar-refractivity contribution in [3.8, 4) is 27.9 Å². The molecule has 0 bridgehead atoms. The fourth-order valence-electron chi connectivity index (χ4n) is 9.20. The van der Waals surface area contributed by atoms with E-state index in [0.29, 0.717) is 0 Å². The van der Waals surface area contributed by atoms with Crippen LogP contribution >= 0.6 is 0 Å². The second-order valence-electron chi connectivity index (χ2n) is 15.1. The van der Waals surface area contributed by atoms with Crippen molar-refractivity contribution in [2.45, 2.75) is 0 Å². The zero-order valence-electron chi connectivity index (χ0n) is 32.0. The molecule has 9 aromatic carbocycles. The van der Waals surface area contributed by atoms with Gasteiger partial charge in [0.15, 0.2) is 5.58 Å². The Morgan fingerprint density at radius 3 is 1.69 bits per heavy atom. The molecule has 0 saturated carbocycles. The second kappa shape index (κ2) is 13.3. The van der Waals surface area contributed by atoms with Gasteiger partial charge in [-0.2, -0.15) is 0 Å². The molecular formula is C55H35N3O. The minimum atomic E-state index is 0.793. The van der Waals surface area contributed by atoms with E-state index in [1.165, 1.54) is 49.1 Å². The summed E-state index contributed by atoms with van der Waals surface area (Å²) in [6, 6.07) is 72.2. The first kappa shape index (κ1) is 33.2. The van der Waals surface area contributed by atoms with Crippen LogP contribution in [0.15, 0.2) is 217 Å². The summed E-state index contributed by atoms with van der Waals surface area (Å²) in [5.41, 5.74) is 13.0. The predicted octanol–water partition coefficient (Wildman–Crippen LogP) is 15.2. The number of benzene rings is 9. The van der Waals surface area contributed by atoms with Crippen LogP contribution < -0.4 is 4.90 Å². The third-order valence-corrected chi connectivity index (χ3v) is 11.9. The molecule has 0 radical (unpaired) electrons. The number of para-hydroxylation sites is 3. The Morgan fingerprint density at radius 2 is 0.966 bits per heavy atom. The summed E-state index contributed by atoms with van der Waals surface area (Å²) >= 11 is 0. The van der Waals surface area contributed by atoms with Crippen molar-refractivity contribution >= 4 is 82.4 Å². The molecule has 0 aliphatic carbocycles. The van der Waals surface area contributed by atoms with Gasteiger partial charge in [0, 0.05) is 55.5 Å². The van der Waals surface area contributed by atoms with Crippen molar-refractivity contribution in [3.05, 3.63) is 213 Å². The van der Waals surface area contributed by atoms with Crippen LogP contribution in [0.3, 0.4) is 0 Å². The van der Waals surface area contributed by atoms with E-state index in [1.807, 2.05) is 12.3 Å². The van der Waals surface area contributed by atoms with Gasteiger partial charge in [-0.15, -0.1) is 0 Å². The molecule has 0 unspecified atom stereocenters.